The lowest BCUT2D eigenvalue weighted by molar-refractivity contribution is -0.158. The van der Waals surface area contributed by atoms with Gasteiger partial charge in [0.1, 0.15) is 21.4 Å². The highest BCUT2D eigenvalue weighted by Crippen LogP contribution is 2.29. The lowest BCUT2D eigenvalue weighted by atomic mass is 9.85. The maximum Gasteiger partial charge on any atom is 0.246 e. The van der Waals surface area contributed by atoms with Gasteiger partial charge in [0.25, 0.3) is 0 Å². The summed E-state index contributed by atoms with van der Waals surface area (Å²) in [5.74, 6) is -0.203. The van der Waals surface area contributed by atoms with Gasteiger partial charge >= 0.3 is 0 Å². The molecule has 1 heterocycles. The predicted molar refractivity (Wildman–Crippen MR) is 81.6 cm³/mol. The maximum atomic E-state index is 12.6. The Hall–Kier alpha value is -1.11. The Balaban J connectivity index is 2.99. The smallest absolute Gasteiger partial charge is 0.246 e. The molecule has 1 fully saturated rings. The van der Waals surface area contributed by atoms with Crippen molar-refractivity contribution in [2.24, 2.45) is 0 Å². The molecule has 122 valence electrons. The van der Waals surface area contributed by atoms with Crippen molar-refractivity contribution in [3.05, 3.63) is 0 Å². The van der Waals surface area contributed by atoms with Gasteiger partial charge in [-0.25, -0.2) is 8.42 Å². The van der Waals surface area contributed by atoms with Gasteiger partial charge in [-0.15, -0.1) is 0 Å². The summed E-state index contributed by atoms with van der Waals surface area (Å²) in [7, 11) is -3.06. The van der Waals surface area contributed by atoms with E-state index in [9.17, 15) is 18.0 Å². The van der Waals surface area contributed by atoms with Gasteiger partial charge in [0, 0.05) is 12.8 Å². The summed E-state index contributed by atoms with van der Waals surface area (Å²) in [6.07, 6.45) is 3.12. The number of sulfone groups is 1. The number of nitrogens with one attached hydrogen (secondary N) is 1. The molecule has 7 heteroatoms. The molecule has 21 heavy (non-hydrogen) atoms. The van der Waals surface area contributed by atoms with Gasteiger partial charge in [-0.2, -0.15) is 0 Å². The van der Waals surface area contributed by atoms with Crippen molar-refractivity contribution in [1.29, 1.82) is 0 Å². The normalized spacial score (nSPS) is 22.3. The van der Waals surface area contributed by atoms with Gasteiger partial charge in [-0.3, -0.25) is 9.59 Å². The standard InChI is InChI=1S/C14H26N2O4S/c1-5-11-12(17)16(9-8-10-21(4,19)20)14(6-2,7-3)13(18)15-11/h11H,5-10H2,1-4H3,(H,15,18). The van der Waals surface area contributed by atoms with Crippen LogP contribution in [-0.2, 0) is 19.4 Å². The van der Waals surface area contributed by atoms with Crippen LogP contribution in [0.2, 0.25) is 0 Å². The van der Waals surface area contributed by atoms with Crippen molar-refractivity contribution in [2.75, 3.05) is 18.6 Å². The fraction of sp³-hybridized carbons (Fsp3) is 0.857. The molecule has 0 aromatic heterocycles. The number of hydrogen-bond acceptors (Lipinski definition) is 4. The van der Waals surface area contributed by atoms with E-state index in [1.165, 1.54) is 6.26 Å². The molecule has 0 saturated carbocycles. The fourth-order valence-corrected chi connectivity index (χ4v) is 3.57. The number of hydrogen-bond donors (Lipinski definition) is 1. The largest absolute Gasteiger partial charge is 0.342 e. The zero-order valence-corrected chi connectivity index (χ0v) is 14.1. The lowest BCUT2D eigenvalue weighted by Gasteiger charge is -2.47. The number of carbonyl (C=O) groups excluding carboxylic acids is 2. The van der Waals surface area contributed by atoms with Crippen LogP contribution in [0.15, 0.2) is 0 Å². The van der Waals surface area contributed by atoms with Crippen molar-refractivity contribution >= 4 is 21.7 Å². The first-order valence-electron chi connectivity index (χ1n) is 7.52. The van der Waals surface area contributed by atoms with Gasteiger partial charge in [0.05, 0.1) is 5.75 Å². The quantitative estimate of drug-likeness (QED) is 0.749. The molecular formula is C14H26N2O4S. The molecule has 1 aliphatic heterocycles. The van der Waals surface area contributed by atoms with Crippen LogP contribution in [0.1, 0.15) is 46.5 Å². The average molecular weight is 318 g/mol. The molecule has 1 atom stereocenters. The summed E-state index contributed by atoms with van der Waals surface area (Å²) < 4.78 is 22.5. The first-order valence-corrected chi connectivity index (χ1v) is 9.58. The van der Waals surface area contributed by atoms with Crippen molar-refractivity contribution < 1.29 is 18.0 Å². The predicted octanol–water partition coefficient (Wildman–Crippen LogP) is 0.717. The molecule has 0 spiro atoms. The summed E-state index contributed by atoms with van der Waals surface area (Å²) in [6.45, 7) is 5.91. The Kier molecular flexibility index (Phi) is 5.78. The summed E-state index contributed by atoms with van der Waals surface area (Å²) in [5, 5.41) is 2.80. The molecule has 1 N–H and O–H groups in total. The molecule has 0 aliphatic carbocycles. The van der Waals surface area contributed by atoms with E-state index < -0.39 is 21.4 Å². The topological polar surface area (TPSA) is 83.6 Å². The van der Waals surface area contributed by atoms with Gasteiger partial charge < -0.3 is 10.2 Å². The van der Waals surface area contributed by atoms with Crippen LogP contribution in [0.3, 0.4) is 0 Å². The molecule has 0 aromatic carbocycles. The number of carbonyl (C=O) groups is 2. The van der Waals surface area contributed by atoms with Gasteiger partial charge in [0.15, 0.2) is 0 Å². The molecule has 2 amide bonds. The molecule has 1 aliphatic rings. The van der Waals surface area contributed by atoms with E-state index in [0.29, 0.717) is 32.2 Å². The Bertz CT molecular complexity index is 497. The van der Waals surface area contributed by atoms with E-state index in [1.807, 2.05) is 20.8 Å². The van der Waals surface area contributed by atoms with Crippen molar-refractivity contribution in [1.82, 2.24) is 10.2 Å². The number of piperazine rings is 1. The second-order valence-corrected chi connectivity index (χ2v) is 7.91. The maximum absolute atomic E-state index is 12.6. The van der Waals surface area contributed by atoms with Crippen LogP contribution in [0.5, 0.6) is 0 Å². The summed E-state index contributed by atoms with van der Waals surface area (Å²) in [6, 6.07) is -0.498. The van der Waals surface area contributed by atoms with E-state index in [4.69, 9.17) is 0 Å². The minimum atomic E-state index is -3.06. The van der Waals surface area contributed by atoms with Gasteiger partial charge in [0.2, 0.25) is 11.8 Å². The summed E-state index contributed by atoms with van der Waals surface area (Å²) in [4.78, 5) is 26.6. The fourth-order valence-electron chi connectivity index (χ4n) is 2.91. The van der Waals surface area contributed by atoms with Gasteiger partial charge in [-0.1, -0.05) is 20.8 Å². The zero-order chi connectivity index (χ0) is 16.3. The van der Waals surface area contributed by atoms with E-state index in [-0.39, 0.29) is 17.6 Å². The SMILES string of the molecule is CCC1NC(=O)C(CC)(CC)N(CCCS(C)(=O)=O)C1=O. The van der Waals surface area contributed by atoms with E-state index >= 15 is 0 Å². The van der Waals surface area contributed by atoms with E-state index in [0.717, 1.165) is 0 Å². The Morgan fingerprint density at radius 2 is 1.76 bits per heavy atom. The Morgan fingerprint density at radius 1 is 1.19 bits per heavy atom. The summed E-state index contributed by atoms with van der Waals surface area (Å²) >= 11 is 0. The first-order chi connectivity index (χ1) is 9.71. The number of rotatable bonds is 7. The summed E-state index contributed by atoms with van der Waals surface area (Å²) in [5.41, 5.74) is -0.847. The number of amides is 2. The molecule has 1 saturated heterocycles. The average Bonchev–Trinajstić information content (AvgIpc) is 2.41. The number of nitrogens with zero attached hydrogens (tertiary/aromatic N) is 1. The third-order valence-corrected chi connectivity index (χ3v) is 5.31. The second-order valence-electron chi connectivity index (χ2n) is 5.65. The minimum Gasteiger partial charge on any atom is -0.342 e. The molecule has 6 nitrogen and oxygen atoms in total. The highest BCUT2D eigenvalue weighted by Gasteiger charge is 2.49. The van der Waals surface area contributed by atoms with E-state index in [2.05, 4.69) is 5.32 Å². The lowest BCUT2D eigenvalue weighted by Crippen LogP contribution is -2.70. The Labute approximate surface area is 127 Å². The van der Waals surface area contributed by atoms with Crippen LogP contribution in [-0.4, -0.2) is 55.3 Å². The minimum absolute atomic E-state index is 0.0265. The van der Waals surface area contributed by atoms with Crippen LogP contribution >= 0.6 is 0 Å². The monoisotopic (exact) mass is 318 g/mol. The van der Waals surface area contributed by atoms with Crippen LogP contribution in [0, 0.1) is 0 Å². The van der Waals surface area contributed by atoms with Crippen molar-refractivity contribution in [2.45, 2.75) is 58.0 Å². The molecular weight excluding hydrogens is 292 g/mol. The Morgan fingerprint density at radius 3 is 2.19 bits per heavy atom. The second kappa shape index (κ2) is 6.77. The van der Waals surface area contributed by atoms with Crippen molar-refractivity contribution in [3.8, 4) is 0 Å². The first kappa shape index (κ1) is 17.9. The molecule has 0 radical (unpaired) electrons. The van der Waals surface area contributed by atoms with Gasteiger partial charge in [-0.05, 0) is 25.7 Å². The third-order valence-electron chi connectivity index (χ3n) is 4.28. The zero-order valence-electron chi connectivity index (χ0n) is 13.3. The van der Waals surface area contributed by atoms with Crippen molar-refractivity contribution in [3.63, 3.8) is 0 Å². The molecule has 1 unspecified atom stereocenters. The van der Waals surface area contributed by atoms with E-state index in [1.54, 1.807) is 4.90 Å². The molecule has 1 rings (SSSR count). The molecule has 0 aromatic rings. The highest BCUT2D eigenvalue weighted by molar-refractivity contribution is 7.90. The van der Waals surface area contributed by atoms with Crippen LogP contribution in [0.25, 0.3) is 0 Å². The third kappa shape index (κ3) is 3.75. The molecule has 0 bridgehead atoms. The van der Waals surface area contributed by atoms with Crippen LogP contribution in [0.4, 0.5) is 0 Å². The van der Waals surface area contributed by atoms with Crippen LogP contribution < -0.4 is 5.32 Å². The highest BCUT2D eigenvalue weighted by atomic mass is 32.2.